The summed E-state index contributed by atoms with van der Waals surface area (Å²) in [5.74, 6) is 0. The monoisotopic (exact) mass is 767 g/mol. The van der Waals surface area contributed by atoms with Crippen LogP contribution in [0.2, 0.25) is 0 Å². The number of rotatable bonds is 4. The van der Waals surface area contributed by atoms with Crippen LogP contribution in [0.25, 0.3) is 116 Å². The van der Waals surface area contributed by atoms with Crippen LogP contribution in [0.5, 0.6) is 0 Å². The summed E-state index contributed by atoms with van der Waals surface area (Å²) in [6, 6.07) is 68.2. The zero-order valence-electron chi connectivity index (χ0n) is 33.2. The van der Waals surface area contributed by atoms with Crippen molar-refractivity contribution in [2.45, 2.75) is 19.3 Å². The fourth-order valence-corrected chi connectivity index (χ4v) is 10.2. The van der Waals surface area contributed by atoms with Gasteiger partial charge in [-0.25, -0.2) is 0 Å². The van der Waals surface area contributed by atoms with Crippen LogP contribution < -0.4 is 0 Å². The van der Waals surface area contributed by atoms with E-state index in [1.54, 1.807) is 0 Å². The Hall–Kier alpha value is -7.62. The molecule has 0 bridgehead atoms. The number of nitrogens with zero attached hydrogens (tertiary/aromatic N) is 1. The predicted molar refractivity (Wildman–Crippen MR) is 249 cm³/mol. The molecule has 0 aliphatic heterocycles. The Labute approximate surface area is 346 Å². The first-order chi connectivity index (χ1) is 29.5. The van der Waals surface area contributed by atoms with Gasteiger partial charge < -0.3 is 13.4 Å². The molecule has 3 nitrogen and oxygen atoms in total. The van der Waals surface area contributed by atoms with Crippen LogP contribution in [0, 0.1) is 0 Å². The Morgan fingerprint density at radius 2 is 0.933 bits per heavy atom. The molecular weight excluding hydrogens is 731 g/mol. The second-order valence-electron chi connectivity index (χ2n) is 16.8. The molecule has 3 heterocycles. The normalized spacial score (nSPS) is 13.3. The van der Waals surface area contributed by atoms with Gasteiger partial charge in [0.05, 0.1) is 11.0 Å². The van der Waals surface area contributed by atoms with Gasteiger partial charge in [0.15, 0.2) is 0 Å². The number of aromatic nitrogens is 1. The number of hydrogen-bond acceptors (Lipinski definition) is 2. The molecule has 0 unspecified atom stereocenters. The summed E-state index contributed by atoms with van der Waals surface area (Å²) in [6.45, 7) is 4.70. The highest BCUT2D eigenvalue weighted by molar-refractivity contribution is 6.15. The van der Waals surface area contributed by atoms with Crippen LogP contribution in [0.3, 0.4) is 0 Å². The van der Waals surface area contributed by atoms with Gasteiger partial charge >= 0.3 is 0 Å². The highest BCUT2D eigenvalue weighted by Gasteiger charge is 2.38. The molecule has 282 valence electrons. The van der Waals surface area contributed by atoms with E-state index in [1.807, 2.05) is 12.1 Å². The first-order valence-corrected chi connectivity index (χ1v) is 20.7. The summed E-state index contributed by atoms with van der Waals surface area (Å²) in [5.41, 5.74) is 19.1. The maximum atomic E-state index is 6.62. The lowest BCUT2D eigenvalue weighted by molar-refractivity contribution is 0.653. The molecule has 1 aliphatic rings. The molecule has 0 amide bonds. The molecule has 0 spiro atoms. The summed E-state index contributed by atoms with van der Waals surface area (Å²) in [4.78, 5) is 0. The molecule has 3 aromatic heterocycles. The summed E-state index contributed by atoms with van der Waals surface area (Å²) in [7, 11) is 0. The Morgan fingerprint density at radius 3 is 1.67 bits per heavy atom. The maximum absolute atomic E-state index is 6.62. The number of furan rings is 2. The highest BCUT2D eigenvalue weighted by Crippen LogP contribution is 2.53. The Morgan fingerprint density at radius 1 is 0.367 bits per heavy atom. The minimum atomic E-state index is -0.218. The molecule has 3 heteroatoms. The van der Waals surface area contributed by atoms with Crippen molar-refractivity contribution < 1.29 is 8.83 Å². The average Bonchev–Trinajstić information content (AvgIpc) is 4.03. The van der Waals surface area contributed by atoms with Crippen molar-refractivity contribution in [3.05, 3.63) is 199 Å². The maximum Gasteiger partial charge on any atom is 0.143 e. The van der Waals surface area contributed by atoms with Gasteiger partial charge in [0.25, 0.3) is 0 Å². The van der Waals surface area contributed by atoms with E-state index in [1.165, 1.54) is 66.2 Å². The van der Waals surface area contributed by atoms with Crippen LogP contribution in [0.15, 0.2) is 197 Å². The Bertz CT molecular complexity index is 3730. The smallest absolute Gasteiger partial charge is 0.143 e. The fraction of sp³-hybridized carbons (Fsp3) is 0.0526. The van der Waals surface area contributed by atoms with E-state index in [0.29, 0.717) is 0 Å². The molecule has 12 aromatic rings. The van der Waals surface area contributed by atoms with Gasteiger partial charge in [0, 0.05) is 54.5 Å². The van der Waals surface area contributed by atoms with Crippen molar-refractivity contribution in [3.63, 3.8) is 0 Å². The minimum Gasteiger partial charge on any atom is -0.455 e. The lowest BCUT2D eigenvalue weighted by Crippen LogP contribution is -2.15. The number of hydrogen-bond donors (Lipinski definition) is 0. The van der Waals surface area contributed by atoms with Crippen LogP contribution in [0.1, 0.15) is 25.0 Å². The van der Waals surface area contributed by atoms with E-state index in [4.69, 9.17) is 8.83 Å². The standard InChI is InChI=1S/C57H37NO2/c1-57(2)48-28-27-44-42-14-7-9-18-53(42)60-56(44)54(48)45-26-25-39(33-49(45)57)58-50-29-23-37(36-21-19-35(20-22-36)34-11-4-3-5-12-34)31-46(50)47-32-38(24-30-51(47)58)40-15-10-16-43-41-13-6-8-17-52(41)59-55(40)43/h3-33H,1-2H3. The third-order valence-corrected chi connectivity index (χ3v) is 13.2. The van der Waals surface area contributed by atoms with Crippen LogP contribution in [-0.4, -0.2) is 4.57 Å². The van der Waals surface area contributed by atoms with E-state index < -0.39 is 0 Å². The zero-order valence-corrected chi connectivity index (χ0v) is 33.2. The second-order valence-corrected chi connectivity index (χ2v) is 16.8. The molecule has 0 radical (unpaired) electrons. The van der Waals surface area contributed by atoms with Gasteiger partial charge in [-0.2, -0.15) is 0 Å². The molecule has 0 saturated carbocycles. The van der Waals surface area contributed by atoms with E-state index in [0.717, 1.165) is 60.8 Å². The van der Waals surface area contributed by atoms with Gasteiger partial charge in [-0.05, 0) is 93.0 Å². The molecule has 60 heavy (non-hydrogen) atoms. The molecule has 0 N–H and O–H groups in total. The van der Waals surface area contributed by atoms with Gasteiger partial charge in [-0.1, -0.05) is 153 Å². The molecule has 9 aromatic carbocycles. The van der Waals surface area contributed by atoms with Crippen molar-refractivity contribution in [2.75, 3.05) is 0 Å². The largest absolute Gasteiger partial charge is 0.455 e. The Balaban J connectivity index is 1.02. The third kappa shape index (κ3) is 4.66. The van der Waals surface area contributed by atoms with Crippen molar-refractivity contribution in [3.8, 4) is 50.2 Å². The summed E-state index contributed by atoms with van der Waals surface area (Å²) >= 11 is 0. The van der Waals surface area contributed by atoms with Gasteiger partial charge in [0.1, 0.15) is 22.3 Å². The Kier molecular flexibility index (Phi) is 6.78. The third-order valence-electron chi connectivity index (χ3n) is 13.2. The average molecular weight is 768 g/mol. The van der Waals surface area contributed by atoms with E-state index in [-0.39, 0.29) is 5.41 Å². The summed E-state index contributed by atoms with van der Waals surface area (Å²) in [6.07, 6.45) is 0. The van der Waals surface area contributed by atoms with E-state index in [2.05, 4.69) is 194 Å². The van der Waals surface area contributed by atoms with E-state index >= 15 is 0 Å². The topological polar surface area (TPSA) is 31.2 Å². The van der Waals surface area contributed by atoms with Crippen LogP contribution in [-0.2, 0) is 5.41 Å². The fourth-order valence-electron chi connectivity index (χ4n) is 10.2. The van der Waals surface area contributed by atoms with E-state index in [9.17, 15) is 0 Å². The van der Waals surface area contributed by atoms with Gasteiger partial charge in [0.2, 0.25) is 0 Å². The zero-order chi connectivity index (χ0) is 39.7. The van der Waals surface area contributed by atoms with Crippen molar-refractivity contribution in [1.29, 1.82) is 0 Å². The predicted octanol–water partition coefficient (Wildman–Crippen LogP) is 15.9. The number of fused-ring (bicyclic) bond motifs is 13. The van der Waals surface area contributed by atoms with Gasteiger partial charge in [-0.3, -0.25) is 0 Å². The van der Waals surface area contributed by atoms with Gasteiger partial charge in [-0.15, -0.1) is 0 Å². The minimum absolute atomic E-state index is 0.218. The molecule has 13 rings (SSSR count). The highest BCUT2D eigenvalue weighted by atomic mass is 16.3. The summed E-state index contributed by atoms with van der Waals surface area (Å²) < 4.78 is 15.6. The number of para-hydroxylation sites is 3. The molecule has 0 saturated heterocycles. The molecule has 1 aliphatic carbocycles. The first-order valence-electron chi connectivity index (χ1n) is 20.7. The number of benzene rings is 9. The van der Waals surface area contributed by atoms with Crippen molar-refractivity contribution in [1.82, 2.24) is 4.57 Å². The molecule has 0 atom stereocenters. The van der Waals surface area contributed by atoms with Crippen LogP contribution in [0.4, 0.5) is 0 Å². The van der Waals surface area contributed by atoms with Crippen molar-refractivity contribution >= 4 is 65.7 Å². The first kappa shape index (κ1) is 33.4. The summed E-state index contributed by atoms with van der Waals surface area (Å²) in [5, 5.41) is 7.00. The van der Waals surface area contributed by atoms with Crippen LogP contribution >= 0.6 is 0 Å². The molecule has 0 fully saturated rings. The molecular formula is C57H37NO2. The lowest BCUT2D eigenvalue weighted by Gasteiger charge is -2.22. The quantitative estimate of drug-likeness (QED) is 0.179. The van der Waals surface area contributed by atoms with Crippen molar-refractivity contribution in [2.24, 2.45) is 0 Å². The second kappa shape index (κ2) is 12.2. The lowest BCUT2D eigenvalue weighted by atomic mass is 9.82. The SMILES string of the molecule is CC1(C)c2cc(-n3c4ccc(-c5ccc(-c6ccccc6)cc5)cc4c4cc(-c5cccc6c5oc5ccccc56)ccc43)ccc2-c2c1ccc1c2oc2ccccc21.